The average Bonchev–Trinajstić information content (AvgIpc) is 3.02. The number of benzene rings is 1. The van der Waals surface area contributed by atoms with Crippen molar-refractivity contribution >= 4 is 23.5 Å². The molecule has 2 unspecified atom stereocenters. The van der Waals surface area contributed by atoms with Crippen LogP contribution in [0.1, 0.15) is 61.4 Å². The van der Waals surface area contributed by atoms with Crippen molar-refractivity contribution in [2.75, 3.05) is 13.7 Å². The predicted octanol–water partition coefficient (Wildman–Crippen LogP) is 4.91. The highest BCUT2D eigenvalue weighted by Crippen LogP contribution is 2.33. The first kappa shape index (κ1) is 24.8. The number of carbonyl (C=O) groups excluding carboxylic acids is 1. The van der Waals surface area contributed by atoms with Gasteiger partial charge in [0.2, 0.25) is 0 Å². The van der Waals surface area contributed by atoms with E-state index < -0.39 is 17.4 Å². The minimum Gasteiger partial charge on any atom is -0.488 e. The van der Waals surface area contributed by atoms with Crippen molar-refractivity contribution in [2.24, 2.45) is 5.92 Å². The molecule has 1 aromatic heterocycles. The van der Waals surface area contributed by atoms with Gasteiger partial charge >= 0.3 is 5.97 Å². The van der Waals surface area contributed by atoms with Gasteiger partial charge in [-0.15, -0.1) is 0 Å². The maximum absolute atomic E-state index is 13.0. The number of nitrogens with zero attached hydrogens (tertiary/aromatic N) is 1. The smallest absolute Gasteiger partial charge is 0.329 e. The van der Waals surface area contributed by atoms with E-state index >= 15 is 0 Å². The third-order valence-corrected chi connectivity index (χ3v) is 6.58. The van der Waals surface area contributed by atoms with E-state index in [0.717, 1.165) is 31.2 Å². The second kappa shape index (κ2) is 11.4. The maximum atomic E-state index is 13.0. The standard InChI is InChI=1S/C25H31ClN2O5/c1-3-17-7-5-11-25(12-9-17,24(30)31)28-22(29)19-15-21(23(32-2)27-16-19)33-13-10-18-6-4-8-20(26)14-18/h4,6,8,14-17H,3,5,7,9-13H2,1-2H3,(H,28,29)(H,30,31). The maximum Gasteiger partial charge on any atom is 0.329 e. The number of carboxylic acid groups (broad SMARTS) is 1. The van der Waals surface area contributed by atoms with Crippen LogP contribution in [-0.4, -0.2) is 41.2 Å². The molecule has 0 aliphatic heterocycles. The van der Waals surface area contributed by atoms with Crippen LogP contribution in [0.4, 0.5) is 0 Å². The fraction of sp³-hybridized carbons (Fsp3) is 0.480. The van der Waals surface area contributed by atoms with Crippen LogP contribution in [0.5, 0.6) is 11.6 Å². The summed E-state index contributed by atoms with van der Waals surface area (Å²) in [6, 6.07) is 9.04. The summed E-state index contributed by atoms with van der Waals surface area (Å²) in [5.74, 6) is -0.408. The van der Waals surface area contributed by atoms with E-state index in [1.54, 1.807) is 6.07 Å². The van der Waals surface area contributed by atoms with Crippen LogP contribution in [0.25, 0.3) is 0 Å². The zero-order chi connectivity index (χ0) is 23.8. The Labute approximate surface area is 199 Å². The van der Waals surface area contributed by atoms with Crippen LogP contribution >= 0.6 is 11.6 Å². The first-order valence-corrected chi connectivity index (χ1v) is 11.7. The van der Waals surface area contributed by atoms with Crippen molar-refractivity contribution in [1.82, 2.24) is 10.3 Å². The summed E-state index contributed by atoms with van der Waals surface area (Å²) in [7, 11) is 1.47. The molecule has 0 radical (unpaired) electrons. The number of carbonyl (C=O) groups is 2. The van der Waals surface area contributed by atoms with Gasteiger partial charge in [0.05, 0.1) is 19.3 Å². The number of amides is 1. The molecule has 1 saturated carbocycles. The summed E-state index contributed by atoms with van der Waals surface area (Å²) in [6.45, 7) is 2.45. The Hall–Kier alpha value is -2.80. The van der Waals surface area contributed by atoms with Gasteiger partial charge in [-0.3, -0.25) is 4.79 Å². The molecule has 2 N–H and O–H groups in total. The number of aromatic nitrogens is 1. The molecule has 178 valence electrons. The van der Waals surface area contributed by atoms with Gasteiger partial charge in [0.25, 0.3) is 11.8 Å². The molecular formula is C25H31ClN2O5. The van der Waals surface area contributed by atoms with Gasteiger partial charge in [-0.1, -0.05) is 49.9 Å². The summed E-state index contributed by atoms with van der Waals surface area (Å²) in [4.78, 5) is 29.4. The highest BCUT2D eigenvalue weighted by Gasteiger charge is 2.41. The van der Waals surface area contributed by atoms with Crippen LogP contribution in [0.2, 0.25) is 5.02 Å². The number of nitrogens with one attached hydrogen (secondary N) is 1. The molecule has 8 heteroatoms. The molecule has 1 fully saturated rings. The van der Waals surface area contributed by atoms with E-state index in [1.165, 1.54) is 13.3 Å². The number of ether oxygens (including phenoxy) is 2. The van der Waals surface area contributed by atoms with E-state index in [0.29, 0.717) is 42.6 Å². The van der Waals surface area contributed by atoms with Crippen LogP contribution in [0.3, 0.4) is 0 Å². The Kier molecular flexibility index (Phi) is 8.55. The lowest BCUT2D eigenvalue weighted by molar-refractivity contribution is -0.145. The number of halogens is 1. The predicted molar refractivity (Wildman–Crippen MR) is 126 cm³/mol. The highest BCUT2D eigenvalue weighted by atomic mass is 35.5. The Balaban J connectivity index is 1.72. The summed E-state index contributed by atoms with van der Waals surface area (Å²) in [5.41, 5.74) is -0.0231. The van der Waals surface area contributed by atoms with Gasteiger partial charge in [-0.2, -0.15) is 0 Å². The molecule has 0 saturated heterocycles. The Morgan fingerprint density at radius 2 is 2.09 bits per heavy atom. The number of methoxy groups -OCH3 is 1. The Bertz CT molecular complexity index is 983. The molecule has 2 aromatic rings. The van der Waals surface area contributed by atoms with E-state index in [1.807, 2.05) is 24.3 Å². The highest BCUT2D eigenvalue weighted by molar-refractivity contribution is 6.30. The Morgan fingerprint density at radius 1 is 1.27 bits per heavy atom. The second-order valence-electron chi connectivity index (χ2n) is 8.51. The molecule has 0 bridgehead atoms. The number of carboxylic acids is 1. The second-order valence-corrected chi connectivity index (χ2v) is 8.94. The summed E-state index contributed by atoms with van der Waals surface area (Å²) in [6.07, 6.45) is 6.36. The van der Waals surface area contributed by atoms with Gasteiger partial charge in [0, 0.05) is 23.7 Å². The fourth-order valence-electron chi connectivity index (χ4n) is 4.29. The monoisotopic (exact) mass is 474 g/mol. The molecule has 1 amide bonds. The molecule has 0 spiro atoms. The molecule has 1 aromatic carbocycles. The quantitative estimate of drug-likeness (QED) is 0.501. The zero-order valence-electron chi connectivity index (χ0n) is 19.1. The van der Waals surface area contributed by atoms with E-state index in [2.05, 4.69) is 17.2 Å². The number of rotatable bonds is 9. The lowest BCUT2D eigenvalue weighted by Crippen LogP contribution is -2.54. The molecule has 7 nitrogen and oxygen atoms in total. The van der Waals surface area contributed by atoms with Gasteiger partial charge in [-0.05, 0) is 42.9 Å². The molecule has 2 atom stereocenters. The van der Waals surface area contributed by atoms with Gasteiger partial charge in [0.1, 0.15) is 5.54 Å². The summed E-state index contributed by atoms with van der Waals surface area (Å²) < 4.78 is 11.1. The largest absolute Gasteiger partial charge is 0.488 e. The van der Waals surface area contributed by atoms with Crippen molar-refractivity contribution in [1.29, 1.82) is 0 Å². The first-order chi connectivity index (χ1) is 15.9. The van der Waals surface area contributed by atoms with Crippen molar-refractivity contribution in [2.45, 2.75) is 57.4 Å². The third kappa shape index (κ3) is 6.38. The van der Waals surface area contributed by atoms with Crippen LogP contribution in [0, 0.1) is 5.92 Å². The summed E-state index contributed by atoms with van der Waals surface area (Å²) in [5, 5.41) is 13.4. The topological polar surface area (TPSA) is 97.8 Å². The number of pyridine rings is 1. The average molecular weight is 475 g/mol. The van der Waals surface area contributed by atoms with Crippen molar-refractivity contribution in [3.8, 4) is 11.6 Å². The lowest BCUT2D eigenvalue weighted by atomic mass is 9.89. The normalized spacial score (nSPS) is 20.5. The van der Waals surface area contributed by atoms with Crippen LogP contribution in [0.15, 0.2) is 36.5 Å². The number of hydrogen-bond acceptors (Lipinski definition) is 5. The van der Waals surface area contributed by atoms with E-state index in [4.69, 9.17) is 21.1 Å². The first-order valence-electron chi connectivity index (χ1n) is 11.3. The zero-order valence-corrected chi connectivity index (χ0v) is 19.9. The SMILES string of the molecule is CCC1CCCC(NC(=O)c2cnc(OC)c(OCCc3cccc(Cl)c3)c2)(C(=O)O)CC1. The molecule has 1 heterocycles. The van der Waals surface area contributed by atoms with Gasteiger partial charge in [-0.25, -0.2) is 9.78 Å². The van der Waals surface area contributed by atoms with Crippen LogP contribution < -0.4 is 14.8 Å². The minimum absolute atomic E-state index is 0.227. The molecule has 1 aliphatic carbocycles. The lowest BCUT2D eigenvalue weighted by Gasteiger charge is -2.29. The van der Waals surface area contributed by atoms with E-state index in [-0.39, 0.29) is 11.4 Å². The molecule has 3 rings (SSSR count). The number of hydrogen-bond donors (Lipinski definition) is 2. The van der Waals surface area contributed by atoms with Gasteiger partial charge in [0.15, 0.2) is 5.75 Å². The summed E-state index contributed by atoms with van der Waals surface area (Å²) >= 11 is 6.03. The van der Waals surface area contributed by atoms with Crippen molar-refractivity contribution in [3.63, 3.8) is 0 Å². The van der Waals surface area contributed by atoms with Gasteiger partial charge < -0.3 is 19.9 Å². The fourth-order valence-corrected chi connectivity index (χ4v) is 4.50. The molecule has 33 heavy (non-hydrogen) atoms. The molecule has 1 aliphatic rings. The number of aliphatic carboxylic acids is 1. The van der Waals surface area contributed by atoms with Crippen LogP contribution in [-0.2, 0) is 11.2 Å². The van der Waals surface area contributed by atoms with Crippen molar-refractivity contribution in [3.05, 3.63) is 52.7 Å². The Morgan fingerprint density at radius 3 is 2.79 bits per heavy atom. The molecular weight excluding hydrogens is 444 g/mol. The van der Waals surface area contributed by atoms with Crippen molar-refractivity contribution < 1.29 is 24.2 Å². The van der Waals surface area contributed by atoms with E-state index in [9.17, 15) is 14.7 Å². The third-order valence-electron chi connectivity index (χ3n) is 6.35. The minimum atomic E-state index is -1.27.